The Morgan fingerprint density at radius 2 is 0.622 bits per heavy atom. The summed E-state index contributed by atoms with van der Waals surface area (Å²) in [6.07, 6.45) is 10.4. The standard InChI is InChI=1S/C36H69N9/c1-31(2)19-25(20-32(3,4)43-31)13-16-37-28-40-29(38-17-14-26-21-33(5,6)44-34(7,8)22-26)42-30(41-28)39-18-15-27-23-35(9,10)45-36(11,12)24-27/h25-27,43-45H,13-24H2,1-12H3,(H3,37,38,39,40,41,42). The lowest BCUT2D eigenvalue weighted by atomic mass is 9.75. The van der Waals surface area contributed by atoms with Crippen molar-refractivity contribution in [2.75, 3.05) is 35.6 Å². The summed E-state index contributed by atoms with van der Waals surface area (Å²) in [5.74, 6) is 3.98. The molecule has 258 valence electrons. The van der Waals surface area contributed by atoms with Crippen molar-refractivity contribution < 1.29 is 0 Å². The number of hydrogen-bond donors (Lipinski definition) is 6. The molecule has 45 heavy (non-hydrogen) atoms. The number of rotatable bonds is 12. The highest BCUT2D eigenvalue weighted by Gasteiger charge is 2.39. The molecule has 0 unspecified atom stereocenters. The van der Waals surface area contributed by atoms with E-state index in [2.05, 4.69) is 115 Å². The van der Waals surface area contributed by atoms with Crippen LogP contribution in [0.1, 0.15) is 141 Å². The molecule has 1 aromatic rings. The number of piperidine rings is 3. The Bertz CT molecular complexity index is 925. The van der Waals surface area contributed by atoms with Gasteiger partial charge in [-0.15, -0.1) is 0 Å². The summed E-state index contributed by atoms with van der Waals surface area (Å²) in [5.41, 5.74) is 0.949. The van der Waals surface area contributed by atoms with Gasteiger partial charge in [-0.2, -0.15) is 15.0 Å². The maximum Gasteiger partial charge on any atom is 0.229 e. The molecule has 0 bridgehead atoms. The first-order valence-electron chi connectivity index (χ1n) is 17.9. The highest BCUT2D eigenvalue weighted by atomic mass is 15.3. The van der Waals surface area contributed by atoms with Crippen LogP contribution in [0.25, 0.3) is 0 Å². The van der Waals surface area contributed by atoms with E-state index in [0.717, 1.165) is 38.9 Å². The molecule has 9 nitrogen and oxygen atoms in total. The van der Waals surface area contributed by atoms with Crippen LogP contribution in [0.15, 0.2) is 0 Å². The van der Waals surface area contributed by atoms with Gasteiger partial charge in [-0.05, 0) is 159 Å². The fourth-order valence-electron chi connectivity index (χ4n) is 9.99. The second-order valence-corrected chi connectivity index (χ2v) is 19.0. The summed E-state index contributed by atoms with van der Waals surface area (Å²) in [7, 11) is 0. The van der Waals surface area contributed by atoms with Gasteiger partial charge in [0.15, 0.2) is 0 Å². The lowest BCUT2D eigenvalue weighted by Gasteiger charge is -2.46. The summed E-state index contributed by atoms with van der Waals surface area (Å²) in [5, 5.41) is 22.1. The Hall–Kier alpha value is -1.71. The van der Waals surface area contributed by atoms with Crippen molar-refractivity contribution in [1.29, 1.82) is 0 Å². The van der Waals surface area contributed by atoms with Gasteiger partial charge in [-0.25, -0.2) is 0 Å². The molecule has 3 aliphatic heterocycles. The van der Waals surface area contributed by atoms with Crippen LogP contribution in [0.2, 0.25) is 0 Å². The minimum Gasteiger partial charge on any atom is -0.354 e. The average molecular weight is 628 g/mol. The maximum atomic E-state index is 4.83. The van der Waals surface area contributed by atoms with Gasteiger partial charge in [0.1, 0.15) is 0 Å². The molecule has 4 heterocycles. The lowest BCUT2D eigenvalue weighted by molar-refractivity contribution is 0.125. The third-order valence-electron chi connectivity index (χ3n) is 9.97. The van der Waals surface area contributed by atoms with Crippen LogP contribution < -0.4 is 31.9 Å². The van der Waals surface area contributed by atoms with E-state index >= 15 is 0 Å². The van der Waals surface area contributed by atoms with Crippen LogP contribution in [0.3, 0.4) is 0 Å². The molecule has 0 saturated carbocycles. The van der Waals surface area contributed by atoms with Gasteiger partial charge in [0.25, 0.3) is 0 Å². The van der Waals surface area contributed by atoms with E-state index in [1.54, 1.807) is 0 Å². The molecule has 0 spiro atoms. The minimum absolute atomic E-state index is 0.158. The van der Waals surface area contributed by atoms with Gasteiger partial charge in [-0.3, -0.25) is 0 Å². The Morgan fingerprint density at radius 3 is 0.822 bits per heavy atom. The quantitative estimate of drug-likeness (QED) is 0.147. The third kappa shape index (κ3) is 11.8. The first-order valence-corrected chi connectivity index (χ1v) is 17.9. The van der Waals surface area contributed by atoms with Crippen molar-refractivity contribution in [1.82, 2.24) is 30.9 Å². The van der Waals surface area contributed by atoms with Gasteiger partial charge in [0.05, 0.1) is 0 Å². The van der Waals surface area contributed by atoms with Crippen molar-refractivity contribution >= 4 is 17.8 Å². The predicted molar refractivity (Wildman–Crippen MR) is 191 cm³/mol. The van der Waals surface area contributed by atoms with Crippen LogP contribution >= 0.6 is 0 Å². The predicted octanol–water partition coefficient (Wildman–Crippen LogP) is 6.95. The van der Waals surface area contributed by atoms with E-state index in [-0.39, 0.29) is 33.2 Å². The zero-order valence-corrected chi connectivity index (χ0v) is 31.1. The molecule has 0 amide bonds. The summed E-state index contributed by atoms with van der Waals surface area (Å²) in [6, 6.07) is 0. The zero-order chi connectivity index (χ0) is 33.3. The Kier molecular flexibility index (Phi) is 10.8. The molecule has 3 saturated heterocycles. The first kappa shape index (κ1) is 36.1. The molecule has 0 aliphatic carbocycles. The van der Waals surface area contributed by atoms with Crippen LogP contribution in [-0.4, -0.2) is 67.8 Å². The fourth-order valence-corrected chi connectivity index (χ4v) is 9.99. The number of nitrogens with one attached hydrogen (secondary N) is 6. The Morgan fingerprint density at radius 1 is 0.422 bits per heavy atom. The van der Waals surface area contributed by atoms with Crippen LogP contribution in [-0.2, 0) is 0 Å². The lowest BCUT2D eigenvalue weighted by Crippen LogP contribution is -2.57. The second kappa shape index (κ2) is 13.4. The molecular formula is C36H69N9. The highest BCUT2D eigenvalue weighted by Crippen LogP contribution is 2.36. The molecule has 4 rings (SSSR count). The summed E-state index contributed by atoms with van der Waals surface area (Å²) in [4.78, 5) is 14.5. The van der Waals surface area contributed by atoms with Gasteiger partial charge in [-0.1, -0.05) is 0 Å². The molecule has 0 radical (unpaired) electrons. The molecule has 3 aliphatic rings. The molecule has 0 atom stereocenters. The smallest absolute Gasteiger partial charge is 0.229 e. The van der Waals surface area contributed by atoms with Crippen LogP contribution in [0.5, 0.6) is 0 Å². The topological polar surface area (TPSA) is 111 Å². The number of hydrogen-bond acceptors (Lipinski definition) is 9. The second-order valence-electron chi connectivity index (χ2n) is 19.0. The van der Waals surface area contributed by atoms with E-state index in [0.29, 0.717) is 35.6 Å². The molecule has 6 N–H and O–H groups in total. The van der Waals surface area contributed by atoms with Gasteiger partial charge in [0, 0.05) is 52.9 Å². The van der Waals surface area contributed by atoms with Crippen molar-refractivity contribution in [3.05, 3.63) is 0 Å². The summed E-state index contributed by atoms with van der Waals surface area (Å²) >= 11 is 0. The average Bonchev–Trinajstić information content (AvgIpc) is 2.78. The van der Waals surface area contributed by atoms with Crippen molar-refractivity contribution in [2.24, 2.45) is 17.8 Å². The third-order valence-corrected chi connectivity index (χ3v) is 9.97. The van der Waals surface area contributed by atoms with Crippen molar-refractivity contribution in [3.63, 3.8) is 0 Å². The SMILES string of the molecule is CC1(C)CC(CCNc2nc(NCCC3CC(C)(C)NC(C)(C)C3)nc(NCCC3CC(C)(C)NC(C)(C)C3)n2)CC(C)(C)N1. The number of aromatic nitrogens is 3. The number of anilines is 3. The van der Waals surface area contributed by atoms with Crippen molar-refractivity contribution in [2.45, 2.75) is 174 Å². The number of nitrogens with zero attached hydrogens (tertiary/aromatic N) is 3. The molecular weight excluding hydrogens is 558 g/mol. The van der Waals surface area contributed by atoms with E-state index in [1.807, 2.05) is 0 Å². The first-order chi connectivity index (χ1) is 20.6. The molecule has 3 fully saturated rings. The highest BCUT2D eigenvalue weighted by molar-refractivity contribution is 5.42. The van der Waals surface area contributed by atoms with Gasteiger partial charge < -0.3 is 31.9 Å². The van der Waals surface area contributed by atoms with E-state index < -0.39 is 0 Å². The van der Waals surface area contributed by atoms with E-state index in [9.17, 15) is 0 Å². The summed E-state index contributed by atoms with van der Waals surface area (Å²) in [6.45, 7) is 30.5. The molecule has 1 aromatic heterocycles. The van der Waals surface area contributed by atoms with E-state index in [4.69, 9.17) is 15.0 Å². The summed E-state index contributed by atoms with van der Waals surface area (Å²) < 4.78 is 0. The van der Waals surface area contributed by atoms with Crippen molar-refractivity contribution in [3.8, 4) is 0 Å². The van der Waals surface area contributed by atoms with Crippen LogP contribution in [0, 0.1) is 17.8 Å². The maximum absolute atomic E-state index is 4.83. The largest absolute Gasteiger partial charge is 0.354 e. The van der Waals surface area contributed by atoms with Gasteiger partial charge >= 0.3 is 0 Å². The molecule has 0 aromatic carbocycles. The van der Waals surface area contributed by atoms with Crippen LogP contribution in [0.4, 0.5) is 17.8 Å². The normalized spacial score (nSPS) is 25.9. The monoisotopic (exact) mass is 628 g/mol. The Labute approximate surface area is 275 Å². The van der Waals surface area contributed by atoms with Gasteiger partial charge in [0.2, 0.25) is 17.8 Å². The zero-order valence-electron chi connectivity index (χ0n) is 31.1. The minimum atomic E-state index is 0.158. The van der Waals surface area contributed by atoms with E-state index in [1.165, 1.54) is 38.5 Å². The fraction of sp³-hybridized carbons (Fsp3) is 0.917. The Balaban J connectivity index is 1.38. The molecule has 9 heteroatoms.